The third-order valence-corrected chi connectivity index (χ3v) is 4.47. The fraction of sp³-hybridized carbons (Fsp3) is 0.600. The quantitative estimate of drug-likeness (QED) is 0.478. The van der Waals surface area contributed by atoms with E-state index in [0.29, 0.717) is 0 Å². The van der Waals surface area contributed by atoms with Gasteiger partial charge in [0.25, 0.3) is 0 Å². The normalized spacial score (nSPS) is 13.9. The van der Waals surface area contributed by atoms with Gasteiger partial charge in [0.15, 0.2) is 0 Å². The SMILES string of the molecule is CCCSCc1nc2c(c(NN)n1)CSC2. The van der Waals surface area contributed by atoms with Crippen LogP contribution in [0.1, 0.15) is 30.4 Å². The number of hydrogen-bond acceptors (Lipinski definition) is 6. The second kappa shape index (κ2) is 5.75. The van der Waals surface area contributed by atoms with Gasteiger partial charge in [-0.05, 0) is 12.2 Å². The van der Waals surface area contributed by atoms with Gasteiger partial charge in [-0.1, -0.05) is 6.92 Å². The van der Waals surface area contributed by atoms with Crippen LogP contribution in [0.3, 0.4) is 0 Å². The lowest BCUT2D eigenvalue weighted by molar-refractivity contribution is 0.967. The number of nitrogens with two attached hydrogens (primary N) is 1. The molecule has 0 aromatic carbocycles. The zero-order valence-electron chi connectivity index (χ0n) is 9.32. The maximum atomic E-state index is 5.49. The van der Waals surface area contributed by atoms with E-state index in [4.69, 9.17) is 5.84 Å². The summed E-state index contributed by atoms with van der Waals surface area (Å²) in [6.07, 6.45) is 1.19. The van der Waals surface area contributed by atoms with Crippen LogP contribution in [0, 0.1) is 0 Å². The monoisotopic (exact) mass is 256 g/mol. The van der Waals surface area contributed by atoms with Crippen molar-refractivity contribution in [3.8, 4) is 0 Å². The summed E-state index contributed by atoms with van der Waals surface area (Å²) >= 11 is 3.74. The third-order valence-electron chi connectivity index (χ3n) is 2.34. The fourth-order valence-corrected chi connectivity index (χ4v) is 3.38. The van der Waals surface area contributed by atoms with Crippen LogP contribution in [-0.2, 0) is 17.3 Å². The van der Waals surface area contributed by atoms with E-state index in [0.717, 1.165) is 40.3 Å². The minimum atomic E-state index is 0.807. The lowest BCUT2D eigenvalue weighted by Gasteiger charge is -2.08. The minimum Gasteiger partial charge on any atom is -0.308 e. The zero-order valence-corrected chi connectivity index (χ0v) is 11.0. The first-order valence-electron chi connectivity index (χ1n) is 5.36. The van der Waals surface area contributed by atoms with E-state index in [1.165, 1.54) is 12.0 Å². The molecule has 0 saturated carbocycles. The van der Waals surface area contributed by atoms with E-state index in [2.05, 4.69) is 22.3 Å². The van der Waals surface area contributed by atoms with Crippen molar-refractivity contribution in [1.29, 1.82) is 0 Å². The van der Waals surface area contributed by atoms with E-state index in [9.17, 15) is 0 Å². The molecule has 0 radical (unpaired) electrons. The summed E-state index contributed by atoms with van der Waals surface area (Å²) in [6.45, 7) is 2.18. The number of hydrazine groups is 1. The Morgan fingerprint density at radius 1 is 1.44 bits per heavy atom. The highest BCUT2D eigenvalue weighted by Crippen LogP contribution is 2.32. The molecule has 88 valence electrons. The Bertz CT molecular complexity index is 370. The first-order chi connectivity index (χ1) is 7.85. The number of fused-ring (bicyclic) bond motifs is 1. The highest BCUT2D eigenvalue weighted by molar-refractivity contribution is 7.98. The maximum absolute atomic E-state index is 5.49. The lowest BCUT2D eigenvalue weighted by atomic mass is 10.2. The van der Waals surface area contributed by atoms with E-state index in [1.54, 1.807) is 0 Å². The molecule has 0 aliphatic carbocycles. The van der Waals surface area contributed by atoms with Gasteiger partial charge in [-0.3, -0.25) is 0 Å². The van der Waals surface area contributed by atoms with Crippen molar-refractivity contribution in [2.24, 2.45) is 5.84 Å². The highest BCUT2D eigenvalue weighted by atomic mass is 32.2. The molecule has 0 unspecified atom stereocenters. The zero-order chi connectivity index (χ0) is 11.4. The Hall–Kier alpha value is -0.460. The molecule has 0 amide bonds. The molecule has 4 nitrogen and oxygen atoms in total. The number of nitrogen functional groups attached to an aromatic ring is 1. The number of aromatic nitrogens is 2. The number of rotatable bonds is 5. The standard InChI is InChI=1S/C10H16N4S2/c1-2-3-15-6-9-12-8-5-16-4-7(8)10(13-9)14-11/h2-6,11H2,1H3,(H,12,13,14). The molecule has 0 atom stereocenters. The van der Waals surface area contributed by atoms with E-state index in [-0.39, 0.29) is 0 Å². The second-order valence-electron chi connectivity index (χ2n) is 3.60. The average molecular weight is 256 g/mol. The number of hydrogen-bond donors (Lipinski definition) is 2. The summed E-state index contributed by atoms with van der Waals surface area (Å²) in [5, 5.41) is 0. The molecular formula is C10H16N4S2. The van der Waals surface area contributed by atoms with E-state index < -0.39 is 0 Å². The summed E-state index contributed by atoms with van der Waals surface area (Å²) in [5.74, 6) is 11.2. The van der Waals surface area contributed by atoms with Crippen molar-refractivity contribution in [3.63, 3.8) is 0 Å². The lowest BCUT2D eigenvalue weighted by Crippen LogP contribution is -2.13. The van der Waals surface area contributed by atoms with Gasteiger partial charge >= 0.3 is 0 Å². The Labute approximate surface area is 104 Å². The summed E-state index contributed by atoms with van der Waals surface area (Å²) in [6, 6.07) is 0. The Balaban J connectivity index is 2.14. The molecule has 1 aliphatic rings. The van der Waals surface area contributed by atoms with E-state index in [1.807, 2.05) is 23.5 Å². The number of thioether (sulfide) groups is 2. The summed E-state index contributed by atoms with van der Waals surface area (Å²) in [4.78, 5) is 9.04. The number of anilines is 1. The molecule has 2 rings (SSSR count). The van der Waals surface area contributed by atoms with Crippen molar-refractivity contribution in [2.75, 3.05) is 11.2 Å². The van der Waals surface area contributed by atoms with Gasteiger partial charge in [0.05, 0.1) is 11.4 Å². The average Bonchev–Trinajstić information content (AvgIpc) is 2.76. The van der Waals surface area contributed by atoms with Gasteiger partial charge < -0.3 is 5.43 Å². The molecule has 3 N–H and O–H groups in total. The smallest absolute Gasteiger partial charge is 0.148 e. The molecule has 0 bridgehead atoms. The Kier molecular flexibility index (Phi) is 4.31. The Morgan fingerprint density at radius 2 is 2.31 bits per heavy atom. The predicted octanol–water partition coefficient (Wildman–Crippen LogP) is 2.15. The molecule has 0 fully saturated rings. The van der Waals surface area contributed by atoms with Gasteiger partial charge in [-0.2, -0.15) is 23.5 Å². The van der Waals surface area contributed by atoms with Crippen LogP contribution in [0.5, 0.6) is 0 Å². The second-order valence-corrected chi connectivity index (χ2v) is 5.69. The van der Waals surface area contributed by atoms with Crippen LogP contribution in [0.15, 0.2) is 0 Å². The molecule has 1 aromatic heterocycles. The Morgan fingerprint density at radius 3 is 3.06 bits per heavy atom. The molecule has 16 heavy (non-hydrogen) atoms. The molecule has 0 spiro atoms. The molecule has 6 heteroatoms. The number of nitrogens with zero attached hydrogens (tertiary/aromatic N) is 2. The van der Waals surface area contributed by atoms with Crippen molar-refractivity contribution < 1.29 is 0 Å². The van der Waals surface area contributed by atoms with Gasteiger partial charge in [0, 0.05) is 17.1 Å². The molecular weight excluding hydrogens is 240 g/mol. The first-order valence-corrected chi connectivity index (χ1v) is 7.66. The summed E-state index contributed by atoms with van der Waals surface area (Å²) in [5.41, 5.74) is 5.01. The van der Waals surface area contributed by atoms with Gasteiger partial charge in [0.1, 0.15) is 11.6 Å². The van der Waals surface area contributed by atoms with Crippen LogP contribution in [0.2, 0.25) is 0 Å². The van der Waals surface area contributed by atoms with E-state index >= 15 is 0 Å². The predicted molar refractivity (Wildman–Crippen MR) is 71.3 cm³/mol. The molecule has 1 aliphatic heterocycles. The van der Waals surface area contributed by atoms with Gasteiger partial charge in [-0.15, -0.1) is 0 Å². The first kappa shape index (κ1) is 12.0. The van der Waals surface area contributed by atoms with Crippen LogP contribution in [0.25, 0.3) is 0 Å². The van der Waals surface area contributed by atoms with Crippen LogP contribution < -0.4 is 11.3 Å². The molecule has 1 aromatic rings. The largest absolute Gasteiger partial charge is 0.308 e. The van der Waals surface area contributed by atoms with Crippen LogP contribution in [-0.4, -0.2) is 15.7 Å². The van der Waals surface area contributed by atoms with Crippen molar-refractivity contribution in [3.05, 3.63) is 17.1 Å². The van der Waals surface area contributed by atoms with Gasteiger partial charge in [-0.25, -0.2) is 15.8 Å². The number of nitrogens with one attached hydrogen (secondary N) is 1. The fourth-order valence-electron chi connectivity index (χ4n) is 1.59. The van der Waals surface area contributed by atoms with Crippen molar-refractivity contribution in [1.82, 2.24) is 9.97 Å². The van der Waals surface area contributed by atoms with Gasteiger partial charge in [0.2, 0.25) is 0 Å². The topological polar surface area (TPSA) is 63.8 Å². The van der Waals surface area contributed by atoms with Crippen molar-refractivity contribution in [2.45, 2.75) is 30.6 Å². The minimum absolute atomic E-state index is 0.807. The molecule has 0 saturated heterocycles. The maximum Gasteiger partial charge on any atom is 0.148 e. The van der Waals surface area contributed by atoms with Crippen LogP contribution >= 0.6 is 23.5 Å². The highest BCUT2D eigenvalue weighted by Gasteiger charge is 2.19. The molecule has 2 heterocycles. The third kappa shape index (κ3) is 2.61. The summed E-state index contributed by atoms with van der Waals surface area (Å²) in [7, 11) is 0. The van der Waals surface area contributed by atoms with Crippen molar-refractivity contribution >= 4 is 29.3 Å². The summed E-state index contributed by atoms with van der Waals surface area (Å²) < 4.78 is 0. The van der Waals surface area contributed by atoms with Crippen LogP contribution in [0.4, 0.5) is 5.82 Å².